The summed E-state index contributed by atoms with van der Waals surface area (Å²) in [6.45, 7) is 1.09. The average Bonchev–Trinajstić information content (AvgIpc) is 3.49. The molecule has 11 heteroatoms. The van der Waals surface area contributed by atoms with Crippen molar-refractivity contribution >= 4 is 50.7 Å². The number of halogens is 2. The van der Waals surface area contributed by atoms with Crippen LogP contribution in [0.2, 0.25) is 10.0 Å². The summed E-state index contributed by atoms with van der Waals surface area (Å²) in [6, 6.07) is 18.7. The molecule has 4 rings (SSSR count). The van der Waals surface area contributed by atoms with E-state index in [2.05, 4.69) is 5.32 Å². The minimum atomic E-state index is -4.25. The molecule has 1 N–H and O–H groups in total. The molecule has 0 aromatic heterocycles. The van der Waals surface area contributed by atoms with Crippen LogP contribution in [0.5, 0.6) is 5.75 Å². The zero-order chi connectivity index (χ0) is 29.6. The van der Waals surface area contributed by atoms with Gasteiger partial charge in [0.05, 0.1) is 27.7 Å². The Morgan fingerprint density at radius 1 is 1.00 bits per heavy atom. The second-order valence-corrected chi connectivity index (χ2v) is 12.6. The molecule has 1 aliphatic rings. The molecule has 1 saturated carbocycles. The number of nitrogens with zero attached hydrogens (tertiary/aromatic N) is 2. The number of ether oxygens (including phenoxy) is 1. The van der Waals surface area contributed by atoms with Crippen molar-refractivity contribution in [2.75, 3.05) is 18.0 Å². The number of sulfonamides is 1. The molecule has 3 aromatic carbocycles. The first kappa shape index (κ1) is 30.7. The fourth-order valence-electron chi connectivity index (χ4n) is 4.86. The zero-order valence-electron chi connectivity index (χ0n) is 22.9. The number of methoxy groups -OCH3 is 1. The fraction of sp³-hybridized carbons (Fsp3) is 0.333. The van der Waals surface area contributed by atoms with Gasteiger partial charge in [0, 0.05) is 12.6 Å². The Morgan fingerprint density at radius 2 is 1.68 bits per heavy atom. The molecule has 1 atom stereocenters. The van der Waals surface area contributed by atoms with Gasteiger partial charge in [0.2, 0.25) is 11.8 Å². The summed E-state index contributed by atoms with van der Waals surface area (Å²) in [7, 11) is -2.71. The summed E-state index contributed by atoms with van der Waals surface area (Å²) in [5.41, 5.74) is 0.775. The third-order valence-corrected chi connectivity index (χ3v) is 9.75. The number of hydrogen-bond acceptors (Lipinski definition) is 5. The smallest absolute Gasteiger partial charge is 0.264 e. The standard InChI is InChI=1S/C30H33Cl2N3O5S/c1-21(30(37)33-23-11-6-7-12-23)34(19-22-10-8-13-24(18-22)40-2)28(36)20-35(27-17-9-16-26(31)29(27)32)41(38,39)25-14-4-3-5-15-25/h3-5,8-10,13-18,21,23H,6-7,11-12,19-20H2,1-2H3,(H,33,37)/t21-/m1/s1. The average molecular weight is 619 g/mol. The SMILES string of the molecule is COc1cccc(CN(C(=O)CN(c2cccc(Cl)c2Cl)S(=O)(=O)c2ccccc2)[C@H](C)C(=O)NC2CCCC2)c1. The van der Waals surface area contributed by atoms with Crippen molar-refractivity contribution in [1.82, 2.24) is 10.2 Å². The number of nitrogens with one attached hydrogen (secondary N) is 1. The molecule has 1 fully saturated rings. The van der Waals surface area contributed by atoms with Gasteiger partial charge in [-0.3, -0.25) is 13.9 Å². The van der Waals surface area contributed by atoms with Crippen LogP contribution in [0.15, 0.2) is 77.7 Å². The lowest BCUT2D eigenvalue weighted by Gasteiger charge is -2.32. The van der Waals surface area contributed by atoms with Crippen molar-refractivity contribution in [3.63, 3.8) is 0 Å². The monoisotopic (exact) mass is 617 g/mol. The number of rotatable bonds is 11. The van der Waals surface area contributed by atoms with Crippen LogP contribution in [0.4, 0.5) is 5.69 Å². The molecular weight excluding hydrogens is 585 g/mol. The van der Waals surface area contributed by atoms with Crippen molar-refractivity contribution in [2.45, 2.75) is 56.1 Å². The molecule has 2 amide bonds. The quantitative estimate of drug-likeness (QED) is 0.299. The van der Waals surface area contributed by atoms with E-state index in [4.69, 9.17) is 27.9 Å². The lowest BCUT2D eigenvalue weighted by atomic mass is 10.1. The van der Waals surface area contributed by atoms with Crippen LogP contribution in [0.1, 0.15) is 38.2 Å². The van der Waals surface area contributed by atoms with E-state index in [1.54, 1.807) is 56.5 Å². The van der Waals surface area contributed by atoms with Crippen molar-refractivity contribution in [3.05, 3.63) is 88.4 Å². The summed E-state index contributed by atoms with van der Waals surface area (Å²) in [5.74, 6) is -0.291. The molecule has 0 heterocycles. The Labute approximate surface area is 251 Å². The Kier molecular flexibility index (Phi) is 10.2. The number of hydrogen-bond donors (Lipinski definition) is 1. The van der Waals surface area contributed by atoms with E-state index in [0.717, 1.165) is 35.6 Å². The van der Waals surface area contributed by atoms with Gasteiger partial charge in [-0.25, -0.2) is 8.42 Å². The van der Waals surface area contributed by atoms with Crippen molar-refractivity contribution in [1.29, 1.82) is 0 Å². The molecule has 8 nitrogen and oxygen atoms in total. The van der Waals surface area contributed by atoms with Crippen LogP contribution in [-0.2, 0) is 26.2 Å². The highest BCUT2D eigenvalue weighted by Gasteiger charge is 2.34. The van der Waals surface area contributed by atoms with Gasteiger partial charge in [-0.2, -0.15) is 0 Å². The van der Waals surface area contributed by atoms with Gasteiger partial charge in [-0.1, -0.05) is 72.4 Å². The van der Waals surface area contributed by atoms with Gasteiger partial charge < -0.3 is 15.0 Å². The fourth-order valence-corrected chi connectivity index (χ4v) is 6.75. The van der Waals surface area contributed by atoms with Gasteiger partial charge in [0.25, 0.3) is 10.0 Å². The van der Waals surface area contributed by atoms with Gasteiger partial charge in [-0.05, 0) is 61.7 Å². The van der Waals surface area contributed by atoms with E-state index in [1.165, 1.54) is 29.2 Å². The Morgan fingerprint density at radius 3 is 2.37 bits per heavy atom. The minimum absolute atomic E-state index is 0.00663. The maximum atomic E-state index is 14.1. The Hall–Kier alpha value is -3.27. The van der Waals surface area contributed by atoms with Crippen molar-refractivity contribution in [2.24, 2.45) is 0 Å². The predicted molar refractivity (Wildman–Crippen MR) is 161 cm³/mol. The number of anilines is 1. The molecule has 3 aromatic rings. The summed E-state index contributed by atoms with van der Waals surface area (Å²) in [6.07, 6.45) is 3.86. The van der Waals surface area contributed by atoms with Crippen LogP contribution in [-0.4, -0.2) is 50.9 Å². The van der Waals surface area contributed by atoms with E-state index in [1.807, 2.05) is 6.07 Å². The molecular formula is C30H33Cl2N3O5S. The molecule has 41 heavy (non-hydrogen) atoms. The van der Waals surface area contributed by atoms with Crippen molar-refractivity contribution in [3.8, 4) is 5.75 Å². The number of carbonyl (C=O) groups is 2. The van der Waals surface area contributed by atoms with Gasteiger partial charge in [0.15, 0.2) is 0 Å². The molecule has 0 saturated heterocycles. The lowest BCUT2D eigenvalue weighted by Crippen LogP contribution is -2.52. The van der Waals surface area contributed by atoms with E-state index in [0.29, 0.717) is 5.75 Å². The normalized spacial score (nSPS) is 14.3. The van der Waals surface area contributed by atoms with E-state index < -0.39 is 28.5 Å². The zero-order valence-corrected chi connectivity index (χ0v) is 25.3. The molecule has 0 unspecified atom stereocenters. The maximum absolute atomic E-state index is 14.1. The largest absolute Gasteiger partial charge is 0.497 e. The van der Waals surface area contributed by atoms with Crippen LogP contribution in [0.3, 0.4) is 0 Å². The summed E-state index contributed by atoms with van der Waals surface area (Å²) in [4.78, 5) is 28.8. The molecule has 0 radical (unpaired) electrons. The second-order valence-electron chi connectivity index (χ2n) is 9.94. The van der Waals surface area contributed by atoms with Crippen molar-refractivity contribution < 1.29 is 22.7 Å². The Bertz CT molecular complexity index is 1480. The summed E-state index contributed by atoms with van der Waals surface area (Å²) < 4.78 is 34.1. The van der Waals surface area contributed by atoms with Crippen LogP contribution in [0.25, 0.3) is 0 Å². The first-order valence-corrected chi connectivity index (χ1v) is 15.6. The van der Waals surface area contributed by atoms with E-state index >= 15 is 0 Å². The molecule has 0 aliphatic heterocycles. The van der Waals surface area contributed by atoms with E-state index in [9.17, 15) is 18.0 Å². The van der Waals surface area contributed by atoms with Gasteiger partial charge >= 0.3 is 0 Å². The molecule has 0 bridgehead atoms. The lowest BCUT2D eigenvalue weighted by molar-refractivity contribution is -0.139. The highest BCUT2D eigenvalue weighted by molar-refractivity contribution is 7.92. The minimum Gasteiger partial charge on any atom is -0.497 e. The van der Waals surface area contributed by atoms with Crippen LogP contribution < -0.4 is 14.4 Å². The maximum Gasteiger partial charge on any atom is 0.264 e. The number of amides is 2. The number of benzene rings is 3. The molecule has 0 spiro atoms. The first-order chi connectivity index (χ1) is 19.6. The third-order valence-electron chi connectivity index (χ3n) is 7.17. The van der Waals surface area contributed by atoms with Gasteiger partial charge in [-0.15, -0.1) is 0 Å². The Balaban J connectivity index is 1.71. The molecule has 1 aliphatic carbocycles. The van der Waals surface area contributed by atoms with Crippen LogP contribution in [0, 0.1) is 0 Å². The van der Waals surface area contributed by atoms with Crippen LogP contribution >= 0.6 is 23.2 Å². The highest BCUT2D eigenvalue weighted by Crippen LogP contribution is 2.35. The third kappa shape index (κ3) is 7.33. The predicted octanol–water partition coefficient (Wildman–Crippen LogP) is 5.67. The highest BCUT2D eigenvalue weighted by atomic mass is 35.5. The van der Waals surface area contributed by atoms with E-state index in [-0.39, 0.29) is 39.1 Å². The van der Waals surface area contributed by atoms with Gasteiger partial charge in [0.1, 0.15) is 18.3 Å². The number of carbonyl (C=O) groups excluding carboxylic acids is 2. The molecule has 218 valence electrons. The second kappa shape index (κ2) is 13.6. The first-order valence-electron chi connectivity index (χ1n) is 13.4. The summed E-state index contributed by atoms with van der Waals surface area (Å²) >= 11 is 12.7. The topological polar surface area (TPSA) is 96.0 Å². The summed E-state index contributed by atoms with van der Waals surface area (Å²) in [5, 5.41) is 3.19.